The average molecular weight is 660 g/mol. The second-order valence-corrected chi connectivity index (χ2v) is 12.4. The van der Waals surface area contributed by atoms with Crippen LogP contribution in [-0.2, 0) is 11.8 Å². The van der Waals surface area contributed by atoms with Crippen LogP contribution in [0.2, 0.25) is 0 Å². The highest BCUT2D eigenvalue weighted by Gasteiger charge is 2.35. The van der Waals surface area contributed by atoms with E-state index in [4.69, 9.17) is 20.6 Å². The number of aryl methyl sites for hydroxylation is 1. The molecule has 8 aromatic carbocycles. The Morgan fingerprint density at radius 3 is 2.00 bits per heavy atom. The van der Waals surface area contributed by atoms with E-state index in [9.17, 15) is 5.48 Å². The first-order chi connectivity index (χ1) is 32.2. The fraction of sp³-hybridized carbons (Fsp3) is 0.104. The quantitative estimate of drug-likeness (QED) is 0.172. The fourth-order valence-electron chi connectivity index (χ4n) is 7.54. The van der Waals surface area contributed by atoms with Crippen LogP contribution in [0.5, 0.6) is 0 Å². The van der Waals surface area contributed by atoms with Crippen LogP contribution in [-0.4, -0.2) is 9.55 Å². The van der Waals surface area contributed by atoms with Gasteiger partial charge in [-0.1, -0.05) is 136 Å². The molecular weight excluding hydrogens is 605 g/mol. The predicted octanol–water partition coefficient (Wildman–Crippen LogP) is 12.7. The summed E-state index contributed by atoms with van der Waals surface area (Å²) in [6.07, 6.45) is -2.86. The van der Waals surface area contributed by atoms with Crippen LogP contribution in [0.1, 0.15) is 63.6 Å². The smallest absolute Gasteiger partial charge is 0.114 e. The molecule has 0 spiro atoms. The van der Waals surface area contributed by atoms with Crippen molar-refractivity contribution in [2.24, 2.45) is 0 Å². The SMILES string of the molecule is [2H]c1c([2H])c([2H])c2c(-c3ccc4cc(-n5c(C([2H])([2H])C([2H])([2H])[2H])nc6ccccc65)ccc4c3)c3c([2H])c([2H])c([2H])c([2H])c3c(-c3ccc4c(c3)C(C([2H])([2H])[2H])(C([2H])([2H])[2H])c3ccccc3-4)c2c1[2H]. The lowest BCUT2D eigenvalue weighted by Gasteiger charge is -2.23. The number of para-hydroxylation sites is 2. The van der Waals surface area contributed by atoms with Crippen LogP contribution in [0.3, 0.4) is 0 Å². The largest absolute Gasteiger partial charge is 0.296 e. The Balaban J connectivity index is 1.29. The van der Waals surface area contributed by atoms with Crippen molar-refractivity contribution >= 4 is 43.4 Å². The topological polar surface area (TPSA) is 17.8 Å². The summed E-state index contributed by atoms with van der Waals surface area (Å²) in [4.78, 5) is 4.41. The summed E-state index contributed by atoms with van der Waals surface area (Å²) in [7, 11) is 0. The normalized spacial score (nSPS) is 19.9. The lowest BCUT2D eigenvalue weighted by atomic mass is 9.80. The number of aromatic nitrogens is 2. The van der Waals surface area contributed by atoms with Gasteiger partial charge in [-0.05, 0) is 113 Å². The zero-order chi connectivity index (χ0) is 49.8. The molecule has 0 fully saturated rings. The van der Waals surface area contributed by atoms with E-state index in [2.05, 4.69) is 4.98 Å². The number of imidazole rings is 1. The number of rotatable bonds is 4. The zero-order valence-electron chi connectivity index (χ0n) is 45.2. The number of benzene rings is 8. The molecule has 0 saturated heterocycles. The highest BCUT2D eigenvalue weighted by Crippen LogP contribution is 2.51. The van der Waals surface area contributed by atoms with Crippen LogP contribution < -0.4 is 0 Å². The van der Waals surface area contributed by atoms with Gasteiger partial charge in [0.25, 0.3) is 0 Å². The number of hydrogen-bond acceptors (Lipinski definition) is 1. The van der Waals surface area contributed by atoms with Gasteiger partial charge in [0.15, 0.2) is 0 Å². The summed E-state index contributed by atoms with van der Waals surface area (Å²) in [5.74, 6) is -0.337. The van der Waals surface area contributed by atoms with E-state index in [1.165, 1.54) is 28.8 Å². The van der Waals surface area contributed by atoms with Crippen LogP contribution in [0, 0.1) is 0 Å². The first kappa shape index (κ1) is 15.7. The summed E-state index contributed by atoms with van der Waals surface area (Å²) in [5, 5.41) is 0.554. The summed E-state index contributed by atoms with van der Waals surface area (Å²) in [5.41, 5.74) is -0.449. The van der Waals surface area contributed by atoms with Crippen molar-refractivity contribution in [3.05, 3.63) is 168 Å². The molecule has 50 heavy (non-hydrogen) atoms. The third-order valence-electron chi connectivity index (χ3n) is 9.75. The number of hydrogen-bond donors (Lipinski definition) is 0. The molecule has 0 radical (unpaired) electrons. The average Bonchev–Trinajstić information content (AvgIpc) is 3.85. The molecule has 0 unspecified atom stereocenters. The van der Waals surface area contributed by atoms with Crippen molar-refractivity contribution < 1.29 is 26.0 Å². The van der Waals surface area contributed by atoms with E-state index < -0.39 is 80.7 Å². The van der Waals surface area contributed by atoms with Crippen molar-refractivity contribution in [2.45, 2.75) is 32.3 Å². The van der Waals surface area contributed by atoms with Crippen LogP contribution in [0.4, 0.5) is 0 Å². The minimum Gasteiger partial charge on any atom is -0.296 e. The van der Waals surface area contributed by atoms with Crippen molar-refractivity contribution in [2.75, 3.05) is 0 Å². The second-order valence-electron chi connectivity index (χ2n) is 12.4. The molecule has 1 aliphatic carbocycles. The van der Waals surface area contributed by atoms with Gasteiger partial charge in [-0.25, -0.2) is 4.98 Å². The summed E-state index contributed by atoms with van der Waals surface area (Å²) in [6.45, 7) is -9.39. The molecule has 1 aliphatic rings. The molecule has 0 amide bonds. The van der Waals surface area contributed by atoms with Gasteiger partial charge in [0.1, 0.15) is 5.82 Å². The molecule has 10 rings (SSSR count). The summed E-state index contributed by atoms with van der Waals surface area (Å²) >= 11 is 0. The molecule has 238 valence electrons. The molecule has 1 heterocycles. The van der Waals surface area contributed by atoms with Crippen molar-refractivity contribution in [1.29, 1.82) is 0 Å². The summed E-state index contributed by atoms with van der Waals surface area (Å²) in [6, 6.07) is 22.7. The van der Waals surface area contributed by atoms with E-state index >= 15 is 0 Å². The van der Waals surface area contributed by atoms with E-state index in [1.807, 2.05) is 0 Å². The first-order valence-corrected chi connectivity index (χ1v) is 16.0. The molecule has 0 saturated carbocycles. The third kappa shape index (κ3) is 4.12. The number of fused-ring (bicyclic) bond motifs is 7. The van der Waals surface area contributed by atoms with Gasteiger partial charge in [-0.15, -0.1) is 0 Å². The second kappa shape index (κ2) is 10.8. The minimum atomic E-state index is -3.16. The molecule has 0 aliphatic heterocycles. The van der Waals surface area contributed by atoms with Gasteiger partial charge < -0.3 is 0 Å². The molecule has 0 bridgehead atoms. The Morgan fingerprint density at radius 2 is 1.26 bits per heavy atom. The van der Waals surface area contributed by atoms with E-state index in [0.29, 0.717) is 38.6 Å². The first-order valence-electron chi connectivity index (χ1n) is 25.5. The minimum absolute atomic E-state index is 0.0374. The van der Waals surface area contributed by atoms with E-state index in [-0.39, 0.29) is 60.8 Å². The lowest BCUT2D eigenvalue weighted by Crippen LogP contribution is -2.14. The maximum Gasteiger partial charge on any atom is 0.114 e. The molecule has 2 heteroatoms. The third-order valence-corrected chi connectivity index (χ3v) is 9.75. The Morgan fingerprint density at radius 1 is 0.640 bits per heavy atom. The van der Waals surface area contributed by atoms with Crippen LogP contribution in [0.25, 0.3) is 82.4 Å². The van der Waals surface area contributed by atoms with Gasteiger partial charge in [0.05, 0.1) is 22.0 Å². The zero-order valence-corrected chi connectivity index (χ0v) is 26.2. The molecule has 1 aromatic heterocycles. The van der Waals surface area contributed by atoms with Crippen LogP contribution >= 0.6 is 0 Å². The van der Waals surface area contributed by atoms with E-state index in [0.717, 1.165) is 0 Å². The van der Waals surface area contributed by atoms with Gasteiger partial charge in [0.2, 0.25) is 0 Å². The van der Waals surface area contributed by atoms with Gasteiger partial charge in [-0.2, -0.15) is 0 Å². The molecule has 9 aromatic rings. The highest BCUT2D eigenvalue weighted by atomic mass is 15.1. The van der Waals surface area contributed by atoms with Crippen LogP contribution in [0.15, 0.2) is 151 Å². The molecule has 0 atom stereocenters. The maximum absolute atomic E-state index is 9.45. The van der Waals surface area contributed by atoms with Crippen molar-refractivity contribution in [3.63, 3.8) is 0 Å². The standard InChI is InChI=1S/C48H36N2/c1-4-45-49-43-19-11-12-20-44(43)50(45)34-25-23-30-27-32(22-21-31(30)28-34)46-37-14-5-7-16-39(37)47(40-17-8-6-15-38(40)46)33-24-26-36-35-13-9-10-18-41(35)48(2,3)42(36)29-33/h5-29H,4H2,1-3H3/i1D3,2D3,3D3,4D2,5D,6D,7D,8D,14D,15D,16D,17D. The monoisotopic (exact) mass is 659 g/mol. The maximum atomic E-state index is 9.45. The highest BCUT2D eigenvalue weighted by molar-refractivity contribution is 6.21. The molecule has 2 nitrogen and oxygen atoms in total. The van der Waals surface area contributed by atoms with E-state index in [1.54, 1.807) is 78.9 Å². The van der Waals surface area contributed by atoms with Gasteiger partial charge in [0, 0.05) is 32.6 Å². The Bertz CT molecular complexity index is 3620. The Kier molecular flexibility index (Phi) is 3.38. The van der Waals surface area contributed by atoms with Gasteiger partial charge in [-0.3, -0.25) is 4.57 Å². The predicted molar refractivity (Wildman–Crippen MR) is 211 cm³/mol. The van der Waals surface area contributed by atoms with Gasteiger partial charge >= 0.3 is 0 Å². The molecular formula is C48H36N2. The molecule has 0 N–H and O–H groups in total. The van der Waals surface area contributed by atoms with Crippen molar-refractivity contribution in [3.8, 4) is 39.1 Å². The number of nitrogens with zero attached hydrogens (tertiary/aromatic N) is 2. The summed E-state index contributed by atoms with van der Waals surface area (Å²) < 4.78 is 169. The van der Waals surface area contributed by atoms with Crippen molar-refractivity contribution in [1.82, 2.24) is 9.55 Å². The fourth-order valence-corrected chi connectivity index (χ4v) is 7.54. The Hall–Kier alpha value is -5.99. The lowest BCUT2D eigenvalue weighted by molar-refractivity contribution is 0.660. The Labute approximate surface area is 319 Å².